The zero-order chi connectivity index (χ0) is 18.3. The molecule has 0 saturated heterocycles. The van der Waals surface area contributed by atoms with E-state index in [1.165, 1.54) is 11.9 Å². The van der Waals surface area contributed by atoms with Gasteiger partial charge in [0.15, 0.2) is 0 Å². The van der Waals surface area contributed by atoms with Crippen molar-refractivity contribution >= 4 is 22.4 Å². The lowest BCUT2D eigenvalue weighted by atomic mass is 9.89. The Balaban J connectivity index is 2.53. The molecule has 0 aliphatic carbocycles. The van der Waals surface area contributed by atoms with E-state index in [1.807, 2.05) is 20.2 Å². The van der Waals surface area contributed by atoms with Crippen molar-refractivity contribution in [2.24, 2.45) is 0 Å². The molecule has 0 unspecified atom stereocenters. The van der Waals surface area contributed by atoms with E-state index in [9.17, 15) is 0 Å². The molecule has 1 aromatic heterocycles. The summed E-state index contributed by atoms with van der Waals surface area (Å²) in [6, 6.07) is 6.15. The topological polar surface area (TPSA) is 64.3 Å². The Morgan fingerprint density at radius 1 is 1.00 bits per heavy atom. The van der Waals surface area contributed by atoms with E-state index in [0.29, 0.717) is 5.82 Å². The zero-order valence-electron chi connectivity index (χ0n) is 15.6. The van der Waals surface area contributed by atoms with Gasteiger partial charge in [-0.3, -0.25) is 0 Å². The monoisotopic (exact) mass is 336 g/mol. The molecule has 3 rings (SSSR count). The van der Waals surface area contributed by atoms with Crippen LogP contribution in [-0.4, -0.2) is 31.2 Å². The molecule has 3 aromatic rings. The Kier molecular flexibility index (Phi) is 4.25. The van der Waals surface area contributed by atoms with Gasteiger partial charge in [-0.05, 0) is 55.2 Å². The molecule has 0 aliphatic heterocycles. The minimum atomic E-state index is 0.493. The van der Waals surface area contributed by atoms with Crippen LogP contribution in [0.5, 0.6) is 5.75 Å². The lowest BCUT2D eigenvalue weighted by Gasteiger charge is -2.23. The summed E-state index contributed by atoms with van der Waals surface area (Å²) in [5.41, 5.74) is 13.8. The van der Waals surface area contributed by atoms with E-state index < -0.39 is 0 Å². The summed E-state index contributed by atoms with van der Waals surface area (Å²) in [5.74, 6) is 1.36. The van der Waals surface area contributed by atoms with Crippen LogP contribution in [0.2, 0.25) is 0 Å². The molecule has 5 heteroatoms. The zero-order valence-corrected chi connectivity index (χ0v) is 15.6. The first-order chi connectivity index (χ1) is 11.9. The van der Waals surface area contributed by atoms with E-state index in [4.69, 9.17) is 10.5 Å². The van der Waals surface area contributed by atoms with Crippen LogP contribution in [0.1, 0.15) is 16.7 Å². The Morgan fingerprint density at radius 3 is 2.36 bits per heavy atom. The summed E-state index contributed by atoms with van der Waals surface area (Å²) in [4.78, 5) is 10.8. The first kappa shape index (κ1) is 17.0. The molecule has 1 heterocycles. The van der Waals surface area contributed by atoms with Crippen molar-refractivity contribution in [1.82, 2.24) is 9.97 Å². The molecule has 2 aromatic carbocycles. The molecule has 0 aliphatic rings. The Bertz CT molecular complexity index is 964. The number of benzene rings is 2. The van der Waals surface area contributed by atoms with Gasteiger partial charge in [0.25, 0.3) is 0 Å². The molecule has 2 N–H and O–H groups in total. The maximum atomic E-state index is 6.16. The third-order valence-electron chi connectivity index (χ3n) is 4.77. The fourth-order valence-electron chi connectivity index (χ4n) is 3.51. The quantitative estimate of drug-likeness (QED) is 0.786. The molecule has 0 saturated carbocycles. The number of hydrogen-bond acceptors (Lipinski definition) is 5. The molecular weight excluding hydrogens is 312 g/mol. The lowest BCUT2D eigenvalue weighted by molar-refractivity contribution is 0.412. The highest BCUT2D eigenvalue weighted by atomic mass is 16.5. The van der Waals surface area contributed by atoms with E-state index in [-0.39, 0.29) is 0 Å². The average Bonchev–Trinajstić information content (AvgIpc) is 2.56. The SMILES string of the molecule is COc1ccc(C)c(-c2c(C)c(N(C)C)cc3c(N)ncnc23)c1C. The summed E-state index contributed by atoms with van der Waals surface area (Å²) in [5, 5.41) is 0.869. The van der Waals surface area contributed by atoms with E-state index in [0.717, 1.165) is 44.6 Å². The first-order valence-electron chi connectivity index (χ1n) is 8.22. The van der Waals surface area contributed by atoms with Gasteiger partial charge in [0.2, 0.25) is 0 Å². The molecule has 25 heavy (non-hydrogen) atoms. The van der Waals surface area contributed by atoms with Crippen LogP contribution >= 0.6 is 0 Å². The van der Waals surface area contributed by atoms with Gasteiger partial charge in [0, 0.05) is 30.7 Å². The standard InChI is InChI=1S/C20H24N4O/c1-11-7-8-16(25-6)13(3)17(11)18-12(2)15(24(4)5)9-14-19(18)22-10-23-20(14)21/h7-10H,1-6H3,(H2,21,22,23). The molecule has 0 spiro atoms. The van der Waals surface area contributed by atoms with E-state index >= 15 is 0 Å². The second-order valence-corrected chi connectivity index (χ2v) is 6.53. The number of methoxy groups -OCH3 is 1. The maximum Gasteiger partial charge on any atom is 0.134 e. The van der Waals surface area contributed by atoms with E-state index in [1.54, 1.807) is 7.11 Å². The number of rotatable bonds is 3. The van der Waals surface area contributed by atoms with E-state index in [2.05, 4.69) is 47.8 Å². The summed E-state index contributed by atoms with van der Waals surface area (Å²) >= 11 is 0. The number of aryl methyl sites for hydroxylation is 1. The fourth-order valence-corrected chi connectivity index (χ4v) is 3.51. The van der Waals surface area contributed by atoms with Crippen LogP contribution in [-0.2, 0) is 0 Å². The molecule has 0 fully saturated rings. The number of hydrogen-bond donors (Lipinski definition) is 1. The maximum absolute atomic E-state index is 6.16. The number of ether oxygens (including phenoxy) is 1. The third-order valence-corrected chi connectivity index (χ3v) is 4.77. The predicted molar refractivity (Wildman–Crippen MR) is 104 cm³/mol. The van der Waals surface area contributed by atoms with Gasteiger partial charge in [-0.1, -0.05) is 6.07 Å². The van der Waals surface area contributed by atoms with Crippen molar-refractivity contribution in [3.63, 3.8) is 0 Å². The van der Waals surface area contributed by atoms with Crippen LogP contribution in [0.3, 0.4) is 0 Å². The van der Waals surface area contributed by atoms with Gasteiger partial charge in [0.05, 0.1) is 12.6 Å². The second kappa shape index (κ2) is 6.24. The van der Waals surface area contributed by atoms with Gasteiger partial charge in [0.1, 0.15) is 17.9 Å². The molecule has 0 bridgehead atoms. The van der Waals surface area contributed by atoms with Crippen LogP contribution in [0.4, 0.5) is 11.5 Å². The second-order valence-electron chi connectivity index (χ2n) is 6.53. The van der Waals surface area contributed by atoms with Crippen LogP contribution in [0.25, 0.3) is 22.0 Å². The molecule has 5 nitrogen and oxygen atoms in total. The van der Waals surface area contributed by atoms with Gasteiger partial charge < -0.3 is 15.4 Å². The predicted octanol–water partition coefficient (Wildman–Crippen LogP) is 3.88. The fraction of sp³-hybridized carbons (Fsp3) is 0.300. The number of nitrogen functional groups attached to an aromatic ring is 1. The lowest BCUT2D eigenvalue weighted by Crippen LogP contribution is -2.12. The molecular formula is C20H24N4O. The highest BCUT2D eigenvalue weighted by Crippen LogP contribution is 2.42. The molecule has 130 valence electrons. The van der Waals surface area contributed by atoms with Crippen molar-refractivity contribution < 1.29 is 4.74 Å². The Morgan fingerprint density at radius 2 is 1.72 bits per heavy atom. The number of aromatic nitrogens is 2. The van der Waals surface area contributed by atoms with Crippen molar-refractivity contribution in [1.29, 1.82) is 0 Å². The molecule has 0 amide bonds. The average molecular weight is 336 g/mol. The van der Waals surface area contributed by atoms with Crippen molar-refractivity contribution in [3.8, 4) is 16.9 Å². The van der Waals surface area contributed by atoms with Crippen LogP contribution in [0, 0.1) is 20.8 Å². The van der Waals surface area contributed by atoms with Gasteiger partial charge in [-0.2, -0.15) is 0 Å². The molecule has 0 atom stereocenters. The smallest absolute Gasteiger partial charge is 0.134 e. The largest absolute Gasteiger partial charge is 0.496 e. The highest BCUT2D eigenvalue weighted by molar-refractivity contribution is 6.04. The summed E-state index contributed by atoms with van der Waals surface area (Å²) in [7, 11) is 5.76. The van der Waals surface area contributed by atoms with Crippen molar-refractivity contribution in [2.75, 3.05) is 31.8 Å². The third kappa shape index (κ3) is 2.65. The summed E-state index contributed by atoms with van der Waals surface area (Å²) in [6.45, 7) is 6.32. The number of anilines is 2. The highest BCUT2D eigenvalue weighted by Gasteiger charge is 2.20. The Labute approximate surface area is 148 Å². The van der Waals surface area contributed by atoms with Gasteiger partial charge in [-0.15, -0.1) is 0 Å². The summed E-state index contributed by atoms with van der Waals surface area (Å²) in [6.07, 6.45) is 1.53. The number of nitrogens with zero attached hydrogens (tertiary/aromatic N) is 3. The Hall–Kier alpha value is -2.82. The van der Waals surface area contributed by atoms with Gasteiger partial charge >= 0.3 is 0 Å². The summed E-state index contributed by atoms with van der Waals surface area (Å²) < 4.78 is 5.55. The number of fused-ring (bicyclic) bond motifs is 1. The minimum Gasteiger partial charge on any atom is -0.496 e. The minimum absolute atomic E-state index is 0.493. The van der Waals surface area contributed by atoms with Crippen LogP contribution < -0.4 is 15.4 Å². The van der Waals surface area contributed by atoms with Crippen molar-refractivity contribution in [2.45, 2.75) is 20.8 Å². The van der Waals surface area contributed by atoms with Crippen molar-refractivity contribution in [3.05, 3.63) is 41.2 Å². The first-order valence-corrected chi connectivity index (χ1v) is 8.22. The van der Waals surface area contributed by atoms with Crippen LogP contribution in [0.15, 0.2) is 24.5 Å². The number of nitrogens with two attached hydrogens (primary N) is 1. The normalized spacial score (nSPS) is 11.0. The molecule has 0 radical (unpaired) electrons. The van der Waals surface area contributed by atoms with Gasteiger partial charge in [-0.25, -0.2) is 9.97 Å².